The monoisotopic (exact) mass is 859 g/mol. The number of rotatable bonds is 10. The SMILES string of the molecule is CC(C)[Si](C#Cc1ccc2ccc(C#C[Si](C(C)C)(C(C)C)C(C)Cc3coc(-c4cc(C(C)(C)C)c5cc(-c6ccco6)cc(C(C)(C)C)c5c4)c3)cc2c1)(C(C)C)C(C)C. The minimum absolute atomic E-state index is 0.0749. The molecule has 2 aromatic heterocycles. The third-order valence-electron chi connectivity index (χ3n) is 14.3. The number of benzene rings is 4. The zero-order valence-corrected chi connectivity index (χ0v) is 43.1. The smallest absolute Gasteiger partial charge is 0.147 e. The van der Waals surface area contributed by atoms with Gasteiger partial charge in [0.05, 0.1) is 12.5 Å². The highest BCUT2D eigenvalue weighted by Crippen LogP contribution is 2.45. The molecule has 0 spiro atoms. The van der Waals surface area contributed by atoms with E-state index in [0.717, 1.165) is 40.2 Å². The van der Waals surface area contributed by atoms with E-state index in [9.17, 15) is 0 Å². The Morgan fingerprint density at radius 3 is 1.40 bits per heavy atom. The van der Waals surface area contributed by atoms with E-state index in [1.165, 1.54) is 38.2 Å². The van der Waals surface area contributed by atoms with Gasteiger partial charge in [0, 0.05) is 22.3 Å². The van der Waals surface area contributed by atoms with Crippen LogP contribution in [0.3, 0.4) is 0 Å². The van der Waals surface area contributed by atoms with E-state index in [1.807, 2.05) is 12.3 Å². The Hall–Kier alpha value is -4.49. The van der Waals surface area contributed by atoms with Gasteiger partial charge in [-0.15, -0.1) is 11.1 Å². The van der Waals surface area contributed by atoms with Crippen LogP contribution in [0, 0.1) is 22.9 Å². The maximum Gasteiger partial charge on any atom is 0.147 e. The van der Waals surface area contributed by atoms with Crippen molar-refractivity contribution in [3.05, 3.63) is 119 Å². The van der Waals surface area contributed by atoms with Gasteiger partial charge in [-0.25, -0.2) is 0 Å². The molecule has 1 unspecified atom stereocenters. The van der Waals surface area contributed by atoms with Crippen LogP contribution in [-0.4, -0.2) is 16.1 Å². The largest absolute Gasteiger partial charge is 0.464 e. The molecule has 0 aliphatic carbocycles. The highest BCUT2D eigenvalue weighted by molar-refractivity contribution is 6.91. The van der Waals surface area contributed by atoms with Crippen molar-refractivity contribution in [3.63, 3.8) is 0 Å². The summed E-state index contributed by atoms with van der Waals surface area (Å²) in [5, 5.41) is 4.99. The quantitative estimate of drug-likeness (QED) is 0.101. The molecule has 0 saturated carbocycles. The Morgan fingerprint density at radius 2 is 0.968 bits per heavy atom. The summed E-state index contributed by atoms with van der Waals surface area (Å²) in [4.78, 5) is 0. The first kappa shape index (κ1) is 47.0. The first-order valence-corrected chi connectivity index (χ1v) is 27.8. The van der Waals surface area contributed by atoms with Gasteiger partial charge in [0.1, 0.15) is 27.7 Å². The van der Waals surface area contributed by atoms with Crippen molar-refractivity contribution in [1.29, 1.82) is 0 Å². The molecular formula is C58H74O2Si2. The molecule has 2 heterocycles. The average Bonchev–Trinajstić information content (AvgIpc) is 3.89. The fourth-order valence-corrected chi connectivity index (χ4v) is 21.6. The Morgan fingerprint density at radius 1 is 0.500 bits per heavy atom. The van der Waals surface area contributed by atoms with Gasteiger partial charge in [-0.1, -0.05) is 142 Å². The fourth-order valence-electron chi connectivity index (χ4n) is 11.0. The van der Waals surface area contributed by atoms with Crippen LogP contribution in [0.25, 0.3) is 44.2 Å². The molecule has 0 aliphatic heterocycles. The van der Waals surface area contributed by atoms with Gasteiger partial charge >= 0.3 is 0 Å². The van der Waals surface area contributed by atoms with Gasteiger partial charge in [-0.2, -0.15) is 0 Å². The highest BCUT2D eigenvalue weighted by atomic mass is 28.3. The van der Waals surface area contributed by atoms with Crippen LogP contribution >= 0.6 is 0 Å². The molecule has 4 heteroatoms. The van der Waals surface area contributed by atoms with Crippen LogP contribution < -0.4 is 0 Å². The summed E-state index contributed by atoms with van der Waals surface area (Å²) in [6.07, 6.45) is 4.70. The van der Waals surface area contributed by atoms with Crippen LogP contribution in [-0.2, 0) is 17.3 Å². The molecule has 0 fully saturated rings. The van der Waals surface area contributed by atoms with Crippen LogP contribution in [0.4, 0.5) is 0 Å². The molecule has 4 aromatic carbocycles. The summed E-state index contributed by atoms with van der Waals surface area (Å²) in [5.74, 6) is 9.28. The van der Waals surface area contributed by atoms with Gasteiger partial charge in [-0.05, 0) is 155 Å². The lowest BCUT2D eigenvalue weighted by atomic mass is 9.77. The summed E-state index contributed by atoms with van der Waals surface area (Å²) >= 11 is 0. The lowest BCUT2D eigenvalue weighted by Crippen LogP contribution is -2.45. The third-order valence-corrected chi connectivity index (χ3v) is 26.8. The second-order valence-corrected chi connectivity index (χ2v) is 33.0. The fraction of sp³-hybridized carbons (Fsp3) is 0.448. The number of hydrogen-bond donors (Lipinski definition) is 0. The minimum Gasteiger partial charge on any atom is -0.464 e. The van der Waals surface area contributed by atoms with E-state index in [4.69, 9.17) is 8.83 Å². The lowest BCUT2D eigenvalue weighted by molar-refractivity contribution is 0.574. The van der Waals surface area contributed by atoms with E-state index in [2.05, 4.69) is 213 Å². The first-order chi connectivity index (χ1) is 29.0. The van der Waals surface area contributed by atoms with Crippen molar-refractivity contribution in [2.24, 2.45) is 0 Å². The van der Waals surface area contributed by atoms with Crippen molar-refractivity contribution in [2.45, 2.75) is 168 Å². The molecule has 0 bridgehead atoms. The molecule has 0 saturated heterocycles. The van der Waals surface area contributed by atoms with Crippen LogP contribution in [0.5, 0.6) is 0 Å². The van der Waals surface area contributed by atoms with Crippen molar-refractivity contribution in [1.82, 2.24) is 0 Å². The molecule has 326 valence electrons. The molecule has 62 heavy (non-hydrogen) atoms. The van der Waals surface area contributed by atoms with Gasteiger partial charge in [-0.3, -0.25) is 0 Å². The summed E-state index contributed by atoms with van der Waals surface area (Å²) in [5.41, 5.74) is 19.4. The zero-order valence-electron chi connectivity index (χ0n) is 41.1. The molecular weight excluding hydrogens is 785 g/mol. The van der Waals surface area contributed by atoms with Crippen LogP contribution in [0.2, 0.25) is 33.2 Å². The van der Waals surface area contributed by atoms with Gasteiger partial charge in [0.2, 0.25) is 0 Å². The molecule has 1 atom stereocenters. The van der Waals surface area contributed by atoms with E-state index >= 15 is 0 Å². The summed E-state index contributed by atoms with van der Waals surface area (Å²) in [6.45, 7) is 40.2. The summed E-state index contributed by atoms with van der Waals surface area (Å²) in [7, 11) is -4.01. The van der Waals surface area contributed by atoms with Gasteiger partial charge in [0.15, 0.2) is 0 Å². The van der Waals surface area contributed by atoms with Gasteiger partial charge in [0.25, 0.3) is 0 Å². The van der Waals surface area contributed by atoms with Crippen molar-refractivity contribution < 1.29 is 8.83 Å². The lowest BCUT2D eigenvalue weighted by Gasteiger charge is -2.39. The Bertz CT molecular complexity index is 2620. The zero-order chi connectivity index (χ0) is 45.5. The van der Waals surface area contributed by atoms with Gasteiger partial charge < -0.3 is 8.83 Å². The topological polar surface area (TPSA) is 26.3 Å². The number of fused-ring (bicyclic) bond motifs is 2. The Labute approximate surface area is 377 Å². The maximum absolute atomic E-state index is 6.52. The molecule has 0 radical (unpaired) electrons. The predicted octanol–water partition coefficient (Wildman–Crippen LogP) is 17.5. The number of furan rings is 2. The molecule has 0 N–H and O–H groups in total. The van der Waals surface area contributed by atoms with E-state index < -0.39 is 16.1 Å². The molecule has 6 aromatic rings. The second kappa shape index (κ2) is 17.9. The average molecular weight is 859 g/mol. The van der Waals surface area contributed by atoms with Crippen LogP contribution in [0.15, 0.2) is 100 Å². The summed E-state index contributed by atoms with van der Waals surface area (Å²) in [6, 6.07) is 29.1. The standard InChI is InChI=1S/C58H74O2Si2/c1-38(2)61(39(3)4,40(5)6)27-24-44-20-22-47-23-21-45(31-48(47)30-44)25-28-62(41(7)8,42(9)10)43(11)29-46-32-56(60-37-46)50-34-52-51(54(36-50)58(15,16)17)33-49(55-19-18-26-59-55)35-53(52)57(12,13)14/h18-23,26,30-43H,29H2,1-17H3. The van der Waals surface area contributed by atoms with Crippen LogP contribution in [0.1, 0.15) is 146 Å². The molecule has 6 rings (SSSR count). The molecule has 0 amide bonds. The van der Waals surface area contributed by atoms with E-state index in [-0.39, 0.29) is 10.8 Å². The Kier molecular flexibility index (Phi) is 13.6. The van der Waals surface area contributed by atoms with Crippen molar-refractivity contribution in [3.8, 4) is 45.6 Å². The van der Waals surface area contributed by atoms with Crippen molar-refractivity contribution in [2.75, 3.05) is 0 Å². The normalized spacial score (nSPS) is 13.4. The number of hydrogen-bond acceptors (Lipinski definition) is 2. The minimum atomic E-state index is -2.19. The van der Waals surface area contributed by atoms with E-state index in [0.29, 0.717) is 33.2 Å². The first-order valence-electron chi connectivity index (χ1n) is 23.3. The summed E-state index contributed by atoms with van der Waals surface area (Å²) < 4.78 is 12.4. The van der Waals surface area contributed by atoms with E-state index in [1.54, 1.807) is 6.26 Å². The Balaban J connectivity index is 1.34. The van der Waals surface area contributed by atoms with Crippen molar-refractivity contribution >= 4 is 37.7 Å². The molecule has 0 aliphatic rings. The predicted molar refractivity (Wildman–Crippen MR) is 275 cm³/mol. The third kappa shape index (κ3) is 9.25. The second-order valence-electron chi connectivity index (χ2n) is 22.0. The molecule has 2 nitrogen and oxygen atoms in total. The highest BCUT2D eigenvalue weighted by Gasteiger charge is 2.44. The maximum atomic E-state index is 6.52.